The molecule has 0 aromatic heterocycles. The lowest BCUT2D eigenvalue weighted by Gasteiger charge is -2.21. The molecule has 4 amide bonds. The highest BCUT2D eigenvalue weighted by molar-refractivity contribution is 9.10. The fourth-order valence-electron chi connectivity index (χ4n) is 2.68. The van der Waals surface area contributed by atoms with Crippen LogP contribution < -0.4 is 16.4 Å². The third-order valence-electron chi connectivity index (χ3n) is 3.79. The van der Waals surface area contributed by atoms with Crippen LogP contribution in [0.5, 0.6) is 0 Å². The zero-order valence-electron chi connectivity index (χ0n) is 11.0. The van der Waals surface area contributed by atoms with Crippen LogP contribution in [0.1, 0.15) is 16.8 Å². The Kier molecular flexibility index (Phi) is 3.12. The minimum atomic E-state index is -1.00. The van der Waals surface area contributed by atoms with Crippen molar-refractivity contribution in [2.45, 2.75) is 12.0 Å². The van der Waals surface area contributed by atoms with Crippen molar-refractivity contribution in [2.75, 3.05) is 18.8 Å². The zero-order chi connectivity index (χ0) is 15.2. The van der Waals surface area contributed by atoms with Gasteiger partial charge in [0.25, 0.3) is 11.8 Å². The quantitative estimate of drug-likeness (QED) is 0.504. The second-order valence-electron chi connectivity index (χ2n) is 5.21. The second kappa shape index (κ2) is 4.73. The second-order valence-corrected chi connectivity index (χ2v) is 6.06. The van der Waals surface area contributed by atoms with Crippen LogP contribution in [0.25, 0.3) is 0 Å². The molecule has 0 radical (unpaired) electrons. The number of nitrogen functional groups attached to an aromatic ring is 1. The molecule has 2 saturated heterocycles. The summed E-state index contributed by atoms with van der Waals surface area (Å²) < 4.78 is 0.641. The first-order valence-corrected chi connectivity index (χ1v) is 7.18. The summed E-state index contributed by atoms with van der Waals surface area (Å²) in [6, 6.07) is 4.47. The van der Waals surface area contributed by atoms with Crippen LogP contribution in [0.2, 0.25) is 0 Å². The summed E-state index contributed by atoms with van der Waals surface area (Å²) in [6.07, 6.45) is 0.399. The van der Waals surface area contributed by atoms with E-state index in [4.69, 9.17) is 5.73 Å². The van der Waals surface area contributed by atoms with E-state index in [1.54, 1.807) is 23.1 Å². The molecule has 110 valence electrons. The Morgan fingerprint density at radius 3 is 2.81 bits per heavy atom. The van der Waals surface area contributed by atoms with Gasteiger partial charge in [-0.3, -0.25) is 14.9 Å². The van der Waals surface area contributed by atoms with Crippen molar-refractivity contribution in [1.82, 2.24) is 15.5 Å². The van der Waals surface area contributed by atoms with Crippen molar-refractivity contribution in [2.24, 2.45) is 0 Å². The molecule has 1 unspecified atom stereocenters. The van der Waals surface area contributed by atoms with Crippen LogP contribution in [0, 0.1) is 0 Å². The number of amides is 4. The van der Waals surface area contributed by atoms with E-state index in [-0.39, 0.29) is 18.4 Å². The van der Waals surface area contributed by atoms with E-state index in [2.05, 4.69) is 26.6 Å². The van der Waals surface area contributed by atoms with Crippen molar-refractivity contribution in [1.29, 1.82) is 0 Å². The lowest BCUT2D eigenvalue weighted by atomic mass is 9.99. The Hall–Kier alpha value is -2.09. The number of nitrogens with two attached hydrogens (primary N) is 1. The molecule has 2 aliphatic rings. The van der Waals surface area contributed by atoms with E-state index in [1.165, 1.54) is 0 Å². The molecule has 1 spiro atoms. The number of benzene rings is 1. The largest absolute Gasteiger partial charge is 0.399 e. The molecule has 7 nitrogen and oxygen atoms in total. The van der Waals surface area contributed by atoms with Crippen LogP contribution >= 0.6 is 15.9 Å². The summed E-state index contributed by atoms with van der Waals surface area (Å²) in [5, 5.41) is 4.82. The van der Waals surface area contributed by atoms with Gasteiger partial charge in [-0.15, -0.1) is 0 Å². The topological polar surface area (TPSA) is 105 Å². The molecular weight excluding hydrogens is 340 g/mol. The van der Waals surface area contributed by atoms with Crippen molar-refractivity contribution in [3.63, 3.8) is 0 Å². The molecule has 1 aromatic rings. The maximum absolute atomic E-state index is 12.5. The average Bonchev–Trinajstić information content (AvgIpc) is 2.97. The highest BCUT2D eigenvalue weighted by Crippen LogP contribution is 2.28. The molecule has 2 heterocycles. The van der Waals surface area contributed by atoms with Gasteiger partial charge < -0.3 is 16.0 Å². The zero-order valence-corrected chi connectivity index (χ0v) is 12.6. The van der Waals surface area contributed by atoms with Gasteiger partial charge in [0.2, 0.25) is 0 Å². The molecule has 2 aliphatic heterocycles. The molecule has 21 heavy (non-hydrogen) atoms. The number of hydrogen-bond acceptors (Lipinski definition) is 4. The number of anilines is 1. The lowest BCUT2D eigenvalue weighted by molar-refractivity contribution is -0.123. The molecule has 3 rings (SSSR count). The van der Waals surface area contributed by atoms with E-state index in [0.29, 0.717) is 28.7 Å². The Morgan fingerprint density at radius 1 is 1.38 bits per heavy atom. The number of likely N-dealkylation sites (tertiary alicyclic amines) is 1. The van der Waals surface area contributed by atoms with E-state index >= 15 is 0 Å². The summed E-state index contributed by atoms with van der Waals surface area (Å²) in [7, 11) is 0. The first-order chi connectivity index (χ1) is 9.91. The van der Waals surface area contributed by atoms with Crippen LogP contribution in [0.4, 0.5) is 10.5 Å². The van der Waals surface area contributed by atoms with E-state index in [1.807, 2.05) is 0 Å². The number of carbonyl (C=O) groups excluding carboxylic acids is 3. The van der Waals surface area contributed by atoms with Crippen LogP contribution in [0.3, 0.4) is 0 Å². The Balaban J connectivity index is 1.83. The highest BCUT2D eigenvalue weighted by atomic mass is 79.9. The van der Waals surface area contributed by atoms with Crippen molar-refractivity contribution >= 4 is 39.5 Å². The summed E-state index contributed by atoms with van der Waals surface area (Å²) in [5.74, 6) is -0.602. The molecule has 4 N–H and O–H groups in total. The fraction of sp³-hybridized carbons (Fsp3) is 0.308. The number of urea groups is 1. The van der Waals surface area contributed by atoms with E-state index in [9.17, 15) is 14.4 Å². The molecule has 0 bridgehead atoms. The van der Waals surface area contributed by atoms with Crippen LogP contribution in [0.15, 0.2) is 22.7 Å². The first kappa shape index (κ1) is 13.9. The molecular formula is C13H13BrN4O3. The van der Waals surface area contributed by atoms with E-state index < -0.39 is 11.6 Å². The first-order valence-electron chi connectivity index (χ1n) is 6.39. The smallest absolute Gasteiger partial charge is 0.322 e. The fourth-order valence-corrected chi connectivity index (χ4v) is 3.09. The third-order valence-corrected chi connectivity index (χ3v) is 4.48. The Morgan fingerprint density at radius 2 is 2.14 bits per heavy atom. The van der Waals surface area contributed by atoms with Gasteiger partial charge in [-0.25, -0.2) is 4.79 Å². The highest BCUT2D eigenvalue weighted by Gasteiger charge is 2.51. The molecule has 0 saturated carbocycles. The van der Waals surface area contributed by atoms with Gasteiger partial charge in [-0.1, -0.05) is 0 Å². The molecule has 1 aromatic carbocycles. The molecule has 0 aliphatic carbocycles. The standard InChI is InChI=1S/C13H13BrN4O3/c14-9-2-1-7(15)5-8(9)10(19)18-4-3-13(6-18)11(20)16-12(21)17-13/h1-2,5H,3-4,6,15H2,(H2,16,17,20,21). The Bertz CT molecular complexity index is 663. The number of halogens is 1. The van der Waals surface area contributed by atoms with Crippen molar-refractivity contribution in [3.05, 3.63) is 28.2 Å². The van der Waals surface area contributed by atoms with Gasteiger partial charge in [-0.2, -0.15) is 0 Å². The number of nitrogens with one attached hydrogen (secondary N) is 2. The number of carbonyl (C=O) groups is 3. The van der Waals surface area contributed by atoms with Gasteiger partial charge in [0.15, 0.2) is 0 Å². The Labute approximate surface area is 129 Å². The van der Waals surface area contributed by atoms with Gasteiger partial charge in [-0.05, 0) is 40.5 Å². The maximum atomic E-state index is 12.5. The summed E-state index contributed by atoms with van der Waals surface area (Å²) in [4.78, 5) is 37.3. The van der Waals surface area contributed by atoms with Gasteiger partial charge in [0.1, 0.15) is 5.54 Å². The minimum absolute atomic E-state index is 0.157. The minimum Gasteiger partial charge on any atom is -0.399 e. The number of hydrogen-bond donors (Lipinski definition) is 3. The average molecular weight is 353 g/mol. The predicted molar refractivity (Wildman–Crippen MR) is 78.5 cm³/mol. The predicted octanol–water partition coefficient (Wildman–Crippen LogP) is 0.455. The van der Waals surface area contributed by atoms with Gasteiger partial charge in [0, 0.05) is 16.7 Å². The molecule has 8 heteroatoms. The SMILES string of the molecule is Nc1ccc(Br)c(C(=O)N2CCC3(C2)NC(=O)NC3=O)c1. The van der Waals surface area contributed by atoms with Crippen LogP contribution in [-0.4, -0.2) is 41.4 Å². The molecule has 1 atom stereocenters. The van der Waals surface area contributed by atoms with Gasteiger partial charge in [0.05, 0.1) is 12.1 Å². The monoisotopic (exact) mass is 352 g/mol. The van der Waals surface area contributed by atoms with E-state index in [0.717, 1.165) is 0 Å². The van der Waals surface area contributed by atoms with Crippen LogP contribution in [-0.2, 0) is 4.79 Å². The lowest BCUT2D eigenvalue weighted by Crippen LogP contribution is -2.49. The maximum Gasteiger partial charge on any atom is 0.322 e. The summed E-state index contributed by atoms with van der Waals surface area (Å²) in [5.41, 5.74) is 5.64. The molecule has 2 fully saturated rings. The summed E-state index contributed by atoms with van der Waals surface area (Å²) >= 11 is 3.32. The van der Waals surface area contributed by atoms with Crippen molar-refractivity contribution < 1.29 is 14.4 Å². The number of imide groups is 1. The number of rotatable bonds is 1. The van der Waals surface area contributed by atoms with Gasteiger partial charge >= 0.3 is 6.03 Å². The summed E-state index contributed by atoms with van der Waals surface area (Å²) in [6.45, 7) is 0.554. The normalized spacial score (nSPS) is 24.3. The number of nitrogens with zero attached hydrogens (tertiary/aromatic N) is 1. The van der Waals surface area contributed by atoms with Crippen molar-refractivity contribution in [3.8, 4) is 0 Å². The third kappa shape index (κ3) is 2.25.